The fraction of sp³-hybridized carbons (Fsp3) is 1.00. The lowest BCUT2D eigenvalue weighted by atomic mass is 9.69. The van der Waals surface area contributed by atoms with E-state index < -0.39 is 0 Å². The number of rotatable bonds is 5. The minimum absolute atomic E-state index is 0.133. The smallest absolute Gasteiger partial charge is 0.0837 e. The zero-order chi connectivity index (χ0) is 13.9. The van der Waals surface area contributed by atoms with Crippen LogP contribution in [0.25, 0.3) is 0 Å². The van der Waals surface area contributed by atoms with E-state index in [1.807, 2.05) is 0 Å². The second-order valence-corrected chi connectivity index (χ2v) is 7.00. The molecule has 2 fully saturated rings. The highest BCUT2D eigenvalue weighted by atomic mass is 16.5. The molecule has 0 radical (unpaired) electrons. The van der Waals surface area contributed by atoms with Crippen LogP contribution in [0, 0.1) is 17.8 Å². The molecule has 0 amide bonds. The van der Waals surface area contributed by atoms with Crippen molar-refractivity contribution in [1.82, 2.24) is 5.32 Å². The summed E-state index contributed by atoms with van der Waals surface area (Å²) in [5.74, 6) is 2.58. The molecular weight excluding hydrogens is 234 g/mol. The van der Waals surface area contributed by atoms with Gasteiger partial charge in [0.15, 0.2) is 0 Å². The van der Waals surface area contributed by atoms with Crippen LogP contribution in [-0.4, -0.2) is 25.3 Å². The van der Waals surface area contributed by atoms with E-state index in [1.54, 1.807) is 0 Å². The van der Waals surface area contributed by atoms with Gasteiger partial charge in [0, 0.05) is 12.6 Å². The third-order valence-electron chi connectivity index (χ3n) is 5.87. The molecule has 2 saturated carbocycles. The molecule has 0 saturated heterocycles. The first-order chi connectivity index (χ1) is 9.13. The Morgan fingerprint density at radius 1 is 1.16 bits per heavy atom. The van der Waals surface area contributed by atoms with Crippen LogP contribution in [-0.2, 0) is 4.74 Å². The number of ether oxygens (including phenoxy) is 1. The van der Waals surface area contributed by atoms with Crippen LogP contribution in [0.5, 0.6) is 0 Å². The van der Waals surface area contributed by atoms with Gasteiger partial charge in [0.2, 0.25) is 0 Å². The van der Waals surface area contributed by atoms with E-state index in [1.165, 1.54) is 44.9 Å². The van der Waals surface area contributed by atoms with Crippen molar-refractivity contribution >= 4 is 0 Å². The van der Waals surface area contributed by atoms with Crippen LogP contribution < -0.4 is 5.32 Å². The second-order valence-electron chi connectivity index (χ2n) is 7.00. The molecule has 0 spiro atoms. The standard InChI is InChI=1S/C17H33NO/c1-5-19-17(10-6-7-11-17)16(18-4)15-9-8-13(2)14(3)12-15/h13-16,18H,5-12H2,1-4H3. The Bertz CT molecular complexity index is 272. The maximum absolute atomic E-state index is 6.30. The lowest BCUT2D eigenvalue weighted by Crippen LogP contribution is -2.55. The van der Waals surface area contributed by atoms with Crippen molar-refractivity contribution in [3.05, 3.63) is 0 Å². The van der Waals surface area contributed by atoms with E-state index >= 15 is 0 Å². The minimum atomic E-state index is 0.133. The van der Waals surface area contributed by atoms with Crippen LogP contribution in [0.1, 0.15) is 65.7 Å². The van der Waals surface area contributed by atoms with Crippen molar-refractivity contribution in [2.45, 2.75) is 77.4 Å². The van der Waals surface area contributed by atoms with Gasteiger partial charge in [-0.2, -0.15) is 0 Å². The van der Waals surface area contributed by atoms with Gasteiger partial charge in [0.1, 0.15) is 0 Å². The predicted octanol–water partition coefficient (Wildman–Crippen LogP) is 4.00. The van der Waals surface area contributed by atoms with Gasteiger partial charge >= 0.3 is 0 Å². The van der Waals surface area contributed by atoms with Crippen molar-refractivity contribution in [1.29, 1.82) is 0 Å². The zero-order valence-electron chi connectivity index (χ0n) is 13.4. The molecule has 112 valence electrons. The van der Waals surface area contributed by atoms with E-state index in [-0.39, 0.29) is 5.60 Å². The van der Waals surface area contributed by atoms with E-state index in [4.69, 9.17) is 4.74 Å². The van der Waals surface area contributed by atoms with Gasteiger partial charge in [0.05, 0.1) is 5.60 Å². The summed E-state index contributed by atoms with van der Waals surface area (Å²) in [6.07, 6.45) is 9.35. The Hall–Kier alpha value is -0.0800. The molecule has 2 aliphatic rings. The summed E-state index contributed by atoms with van der Waals surface area (Å²) in [5, 5.41) is 3.65. The number of nitrogens with one attached hydrogen (secondary N) is 1. The average molecular weight is 267 g/mol. The number of likely N-dealkylation sites (N-methyl/N-ethyl adjacent to an activating group) is 1. The van der Waals surface area contributed by atoms with Crippen molar-refractivity contribution in [3.8, 4) is 0 Å². The van der Waals surface area contributed by atoms with Gasteiger partial charge in [0.25, 0.3) is 0 Å². The van der Waals surface area contributed by atoms with Crippen LogP contribution in [0.2, 0.25) is 0 Å². The quantitative estimate of drug-likeness (QED) is 0.813. The highest BCUT2D eigenvalue weighted by Crippen LogP contribution is 2.44. The third kappa shape index (κ3) is 3.16. The molecule has 2 heteroatoms. The molecule has 0 heterocycles. The average Bonchev–Trinajstić information content (AvgIpc) is 2.84. The van der Waals surface area contributed by atoms with Gasteiger partial charge in [-0.3, -0.25) is 0 Å². The molecule has 2 nitrogen and oxygen atoms in total. The maximum atomic E-state index is 6.30. The predicted molar refractivity (Wildman–Crippen MR) is 81.3 cm³/mol. The van der Waals surface area contributed by atoms with E-state index in [9.17, 15) is 0 Å². The highest BCUT2D eigenvalue weighted by molar-refractivity contribution is 5.01. The van der Waals surface area contributed by atoms with Crippen molar-refractivity contribution in [2.75, 3.05) is 13.7 Å². The largest absolute Gasteiger partial charge is 0.374 e. The van der Waals surface area contributed by atoms with Crippen LogP contribution in [0.4, 0.5) is 0 Å². The minimum Gasteiger partial charge on any atom is -0.374 e. The molecule has 0 aromatic heterocycles. The van der Waals surface area contributed by atoms with Gasteiger partial charge in [-0.05, 0) is 57.4 Å². The molecule has 4 atom stereocenters. The first-order valence-corrected chi connectivity index (χ1v) is 8.44. The highest BCUT2D eigenvalue weighted by Gasteiger charge is 2.46. The molecule has 1 N–H and O–H groups in total. The number of hydrogen-bond acceptors (Lipinski definition) is 2. The first-order valence-electron chi connectivity index (χ1n) is 8.44. The Kier molecular flexibility index (Phi) is 5.30. The van der Waals surface area contributed by atoms with E-state index in [0.717, 1.165) is 24.4 Å². The third-order valence-corrected chi connectivity index (χ3v) is 5.87. The van der Waals surface area contributed by atoms with Crippen LogP contribution in [0.3, 0.4) is 0 Å². The van der Waals surface area contributed by atoms with Crippen molar-refractivity contribution in [2.24, 2.45) is 17.8 Å². The molecule has 19 heavy (non-hydrogen) atoms. The van der Waals surface area contributed by atoms with E-state index in [2.05, 4.69) is 33.1 Å². The monoisotopic (exact) mass is 267 g/mol. The summed E-state index contributed by atoms with van der Waals surface area (Å²) in [4.78, 5) is 0. The molecule has 0 bridgehead atoms. The van der Waals surface area contributed by atoms with Gasteiger partial charge < -0.3 is 10.1 Å². The summed E-state index contributed by atoms with van der Waals surface area (Å²) in [6.45, 7) is 7.86. The Morgan fingerprint density at radius 2 is 1.84 bits per heavy atom. The Labute approximate surface area is 119 Å². The summed E-state index contributed by atoms with van der Waals surface area (Å²) in [6, 6.07) is 0.560. The zero-order valence-corrected chi connectivity index (χ0v) is 13.4. The fourth-order valence-corrected chi connectivity index (χ4v) is 4.63. The van der Waals surface area contributed by atoms with Crippen molar-refractivity contribution < 1.29 is 4.74 Å². The summed E-state index contributed by atoms with van der Waals surface area (Å²) in [7, 11) is 2.15. The second kappa shape index (κ2) is 6.58. The fourth-order valence-electron chi connectivity index (χ4n) is 4.63. The molecule has 0 aromatic rings. The molecule has 4 unspecified atom stereocenters. The van der Waals surface area contributed by atoms with E-state index in [0.29, 0.717) is 6.04 Å². The van der Waals surface area contributed by atoms with Crippen LogP contribution in [0.15, 0.2) is 0 Å². The molecule has 2 aliphatic carbocycles. The molecule has 2 rings (SSSR count). The summed E-state index contributed by atoms with van der Waals surface area (Å²) in [5.41, 5.74) is 0.133. The molecule has 0 aliphatic heterocycles. The summed E-state index contributed by atoms with van der Waals surface area (Å²) < 4.78 is 6.30. The molecular formula is C17H33NO. The summed E-state index contributed by atoms with van der Waals surface area (Å²) >= 11 is 0. The van der Waals surface area contributed by atoms with Gasteiger partial charge in [-0.1, -0.05) is 33.1 Å². The maximum Gasteiger partial charge on any atom is 0.0837 e. The van der Waals surface area contributed by atoms with Crippen molar-refractivity contribution in [3.63, 3.8) is 0 Å². The van der Waals surface area contributed by atoms with Gasteiger partial charge in [-0.15, -0.1) is 0 Å². The normalized spacial score (nSPS) is 36.3. The van der Waals surface area contributed by atoms with Gasteiger partial charge in [-0.25, -0.2) is 0 Å². The topological polar surface area (TPSA) is 21.3 Å². The lowest BCUT2D eigenvalue weighted by Gasteiger charge is -2.45. The molecule has 0 aromatic carbocycles. The first kappa shape index (κ1) is 15.3. The Morgan fingerprint density at radius 3 is 2.37 bits per heavy atom. The lowest BCUT2D eigenvalue weighted by molar-refractivity contribution is -0.0807. The SMILES string of the molecule is CCOC1(C(NC)C2CCC(C)C(C)C2)CCCC1. The van der Waals surface area contributed by atoms with Crippen LogP contribution >= 0.6 is 0 Å². The number of hydrogen-bond donors (Lipinski definition) is 1. The Balaban J connectivity index is 2.09.